The highest BCUT2D eigenvalue weighted by Gasteiger charge is 2.30. The average molecular weight is 264 g/mol. The van der Waals surface area contributed by atoms with E-state index in [4.69, 9.17) is 5.11 Å². The number of aliphatic hydroxyl groups excluding tert-OH is 1. The van der Waals surface area contributed by atoms with Crippen LogP contribution in [0.5, 0.6) is 0 Å². The van der Waals surface area contributed by atoms with Gasteiger partial charge in [0, 0.05) is 30.3 Å². The first-order valence-electron chi connectivity index (χ1n) is 6.24. The quantitative estimate of drug-likeness (QED) is 0.455. The molecule has 0 heterocycles. The highest BCUT2D eigenvalue weighted by atomic mass is 16.6. The van der Waals surface area contributed by atoms with Crippen LogP contribution in [0.25, 0.3) is 0 Å². The minimum atomic E-state index is -0.511. The topological polar surface area (TPSA) is 83.7 Å². The van der Waals surface area contributed by atoms with Gasteiger partial charge in [-0.05, 0) is 12.8 Å². The monoisotopic (exact) mass is 264 g/mol. The Bertz CT molecular complexity index is 485. The van der Waals surface area contributed by atoms with Crippen molar-refractivity contribution in [3.63, 3.8) is 0 Å². The molecule has 0 unspecified atom stereocenters. The Kier molecular flexibility index (Phi) is 4.24. The molecule has 0 aliphatic heterocycles. The number of nitrogens with zero attached hydrogens (tertiary/aromatic N) is 2. The Balaban J connectivity index is 2.06. The van der Waals surface area contributed by atoms with E-state index in [-0.39, 0.29) is 24.6 Å². The number of nitro benzene ring substituents is 1. The number of rotatable bonds is 7. The molecule has 102 valence electrons. The van der Waals surface area contributed by atoms with Crippen LogP contribution in [0.2, 0.25) is 0 Å². The second-order valence-corrected chi connectivity index (χ2v) is 4.66. The van der Waals surface area contributed by atoms with E-state index < -0.39 is 4.92 Å². The van der Waals surface area contributed by atoms with Crippen LogP contribution in [0.3, 0.4) is 0 Å². The fraction of sp³-hybridized carbons (Fsp3) is 0.462. The smallest absolute Gasteiger partial charge is 0.270 e. The maximum Gasteiger partial charge on any atom is 0.270 e. The number of non-ortho nitro benzene ring substituents is 1. The van der Waals surface area contributed by atoms with Crippen molar-refractivity contribution in [1.82, 2.24) is 4.90 Å². The summed E-state index contributed by atoms with van der Waals surface area (Å²) in [6.45, 7) is 0.677. The Morgan fingerprint density at radius 3 is 2.79 bits per heavy atom. The summed E-state index contributed by atoms with van der Waals surface area (Å²) < 4.78 is 0. The molecule has 1 fully saturated rings. The second kappa shape index (κ2) is 5.90. The van der Waals surface area contributed by atoms with Gasteiger partial charge in [-0.15, -0.1) is 0 Å². The Morgan fingerprint density at radius 1 is 1.47 bits per heavy atom. The normalized spacial score (nSPS) is 14.6. The Labute approximate surface area is 110 Å². The zero-order chi connectivity index (χ0) is 13.8. The molecule has 1 aromatic carbocycles. The third-order valence-electron chi connectivity index (χ3n) is 3.18. The van der Waals surface area contributed by atoms with Gasteiger partial charge in [0.25, 0.3) is 5.69 Å². The molecule has 2 rings (SSSR count). The van der Waals surface area contributed by atoms with Gasteiger partial charge in [0.15, 0.2) is 5.78 Å². The van der Waals surface area contributed by atoms with Crippen LogP contribution in [0.15, 0.2) is 24.3 Å². The maximum absolute atomic E-state index is 12.1. The van der Waals surface area contributed by atoms with Crippen LogP contribution >= 0.6 is 0 Å². The molecule has 1 aliphatic rings. The molecule has 0 saturated heterocycles. The van der Waals surface area contributed by atoms with Crippen LogP contribution in [-0.4, -0.2) is 46.5 Å². The van der Waals surface area contributed by atoms with Gasteiger partial charge in [0.05, 0.1) is 18.1 Å². The van der Waals surface area contributed by atoms with E-state index in [9.17, 15) is 14.9 Å². The van der Waals surface area contributed by atoms with Crippen molar-refractivity contribution in [3.8, 4) is 0 Å². The molecule has 1 saturated carbocycles. The number of hydrogen-bond acceptors (Lipinski definition) is 5. The summed E-state index contributed by atoms with van der Waals surface area (Å²) in [5, 5.41) is 19.6. The number of aliphatic hydroxyl groups is 1. The summed E-state index contributed by atoms with van der Waals surface area (Å²) in [7, 11) is 0. The summed E-state index contributed by atoms with van der Waals surface area (Å²) in [4.78, 5) is 24.2. The van der Waals surface area contributed by atoms with E-state index in [0.717, 1.165) is 12.8 Å². The molecular formula is C13H16N2O4. The Hall–Kier alpha value is -1.79. The van der Waals surface area contributed by atoms with Crippen molar-refractivity contribution in [2.45, 2.75) is 18.9 Å². The van der Waals surface area contributed by atoms with E-state index in [1.807, 2.05) is 4.90 Å². The van der Waals surface area contributed by atoms with Crippen molar-refractivity contribution >= 4 is 11.5 Å². The molecule has 0 radical (unpaired) electrons. The zero-order valence-corrected chi connectivity index (χ0v) is 10.5. The van der Waals surface area contributed by atoms with Gasteiger partial charge in [-0.25, -0.2) is 0 Å². The van der Waals surface area contributed by atoms with E-state index in [0.29, 0.717) is 18.2 Å². The number of carbonyl (C=O) groups excluding carboxylic acids is 1. The molecule has 0 bridgehead atoms. The van der Waals surface area contributed by atoms with Crippen LogP contribution in [0.4, 0.5) is 5.69 Å². The second-order valence-electron chi connectivity index (χ2n) is 4.66. The first-order chi connectivity index (χ1) is 9.11. The molecule has 0 spiro atoms. The average Bonchev–Trinajstić information content (AvgIpc) is 3.22. The number of Topliss-reactive ketones (excluding diaryl/α,β-unsaturated/α-hetero) is 1. The van der Waals surface area contributed by atoms with Gasteiger partial charge < -0.3 is 5.11 Å². The fourth-order valence-electron chi connectivity index (χ4n) is 2.03. The van der Waals surface area contributed by atoms with Crippen molar-refractivity contribution in [3.05, 3.63) is 39.9 Å². The summed E-state index contributed by atoms with van der Waals surface area (Å²) in [5.41, 5.74) is 0.267. The van der Waals surface area contributed by atoms with E-state index in [1.165, 1.54) is 18.2 Å². The maximum atomic E-state index is 12.1. The molecule has 6 heteroatoms. The molecule has 0 aromatic heterocycles. The lowest BCUT2D eigenvalue weighted by Gasteiger charge is -2.19. The molecule has 1 N–H and O–H groups in total. The van der Waals surface area contributed by atoms with Gasteiger partial charge in [-0.3, -0.25) is 19.8 Å². The summed E-state index contributed by atoms with van der Waals surface area (Å²) in [6.07, 6.45) is 2.09. The predicted molar refractivity (Wildman–Crippen MR) is 69.1 cm³/mol. The van der Waals surface area contributed by atoms with Gasteiger partial charge in [-0.2, -0.15) is 0 Å². The van der Waals surface area contributed by atoms with Crippen molar-refractivity contribution in [2.75, 3.05) is 19.7 Å². The van der Waals surface area contributed by atoms with Crippen LogP contribution in [-0.2, 0) is 0 Å². The third-order valence-corrected chi connectivity index (χ3v) is 3.18. The van der Waals surface area contributed by atoms with E-state index >= 15 is 0 Å². The number of hydrogen-bond donors (Lipinski definition) is 1. The summed E-state index contributed by atoms with van der Waals surface area (Å²) >= 11 is 0. The van der Waals surface area contributed by atoms with Gasteiger partial charge in [0.2, 0.25) is 0 Å². The Morgan fingerprint density at radius 2 is 2.21 bits per heavy atom. The molecule has 0 amide bonds. The van der Waals surface area contributed by atoms with Gasteiger partial charge >= 0.3 is 0 Å². The van der Waals surface area contributed by atoms with Gasteiger partial charge in [0.1, 0.15) is 0 Å². The lowest BCUT2D eigenvalue weighted by Crippen LogP contribution is -2.34. The predicted octanol–water partition coefficient (Wildman–Crippen LogP) is 1.23. The lowest BCUT2D eigenvalue weighted by atomic mass is 10.1. The summed E-state index contributed by atoms with van der Waals surface area (Å²) in [5.74, 6) is -0.149. The third kappa shape index (κ3) is 3.59. The van der Waals surface area contributed by atoms with Crippen LogP contribution in [0.1, 0.15) is 23.2 Å². The highest BCUT2D eigenvalue weighted by molar-refractivity contribution is 5.98. The highest BCUT2D eigenvalue weighted by Crippen LogP contribution is 2.26. The first-order valence-corrected chi connectivity index (χ1v) is 6.24. The molecule has 19 heavy (non-hydrogen) atoms. The molecular weight excluding hydrogens is 248 g/mol. The molecule has 1 aliphatic carbocycles. The van der Waals surface area contributed by atoms with E-state index in [2.05, 4.69) is 0 Å². The molecule has 1 aromatic rings. The van der Waals surface area contributed by atoms with E-state index in [1.54, 1.807) is 6.07 Å². The lowest BCUT2D eigenvalue weighted by molar-refractivity contribution is -0.384. The zero-order valence-electron chi connectivity index (χ0n) is 10.5. The summed E-state index contributed by atoms with van der Waals surface area (Å²) in [6, 6.07) is 6.13. The largest absolute Gasteiger partial charge is 0.395 e. The van der Waals surface area contributed by atoms with Crippen molar-refractivity contribution < 1.29 is 14.8 Å². The first kappa shape index (κ1) is 13.6. The van der Waals surface area contributed by atoms with Crippen molar-refractivity contribution in [2.24, 2.45) is 0 Å². The minimum Gasteiger partial charge on any atom is -0.395 e. The van der Waals surface area contributed by atoms with Crippen molar-refractivity contribution in [1.29, 1.82) is 0 Å². The molecule has 0 atom stereocenters. The fourth-order valence-corrected chi connectivity index (χ4v) is 2.03. The number of ketones is 1. The SMILES string of the molecule is O=C(CN(CCO)C1CC1)c1cccc([N+](=O)[O-])c1. The standard InChI is InChI=1S/C13H16N2O4/c16-7-6-14(11-4-5-11)9-13(17)10-2-1-3-12(8-10)15(18)19/h1-3,8,11,16H,4-7,9H2. The number of nitro groups is 1. The minimum absolute atomic E-state index is 0.0126. The van der Waals surface area contributed by atoms with Crippen LogP contribution in [0, 0.1) is 10.1 Å². The van der Waals surface area contributed by atoms with Gasteiger partial charge in [-0.1, -0.05) is 12.1 Å². The van der Waals surface area contributed by atoms with Crippen LogP contribution < -0.4 is 0 Å². The number of carbonyl (C=O) groups is 1. The molecule has 6 nitrogen and oxygen atoms in total. The number of benzene rings is 1.